The minimum absolute atomic E-state index is 0. The van der Waals surface area contributed by atoms with Gasteiger partial charge in [-0.3, -0.25) is 0 Å². The summed E-state index contributed by atoms with van der Waals surface area (Å²) >= 11 is 0. The number of hydrogen-bond donors (Lipinski definition) is 6. The van der Waals surface area contributed by atoms with Crippen LogP contribution in [0.5, 0.6) is 0 Å². The molecule has 0 radical (unpaired) electrons. The first kappa shape index (κ1) is 94.8. The van der Waals surface area contributed by atoms with E-state index in [9.17, 15) is 59.4 Å². The summed E-state index contributed by atoms with van der Waals surface area (Å²) in [5.74, 6) is -6.83. The van der Waals surface area contributed by atoms with E-state index in [4.69, 9.17) is 29.9 Å². The first-order valence-corrected chi connectivity index (χ1v) is 41.5. The predicted octanol–water partition coefficient (Wildman–Crippen LogP) is 13.7. The molecule has 0 saturated heterocycles. The molecule has 6 aliphatic heterocycles. The van der Waals surface area contributed by atoms with E-state index in [-0.39, 0.29) is 112 Å². The zero-order valence-corrected chi connectivity index (χ0v) is 76.2. The number of fused-ring (bicyclic) bond motifs is 24. The van der Waals surface area contributed by atoms with E-state index in [1.165, 1.54) is 0 Å². The molecule has 642 valence electrons. The van der Waals surface area contributed by atoms with Gasteiger partial charge in [0.2, 0.25) is 0 Å². The number of allylic oxidation sites excluding steroid dienone is 15. The number of nitrogens with zero attached hydrogens (tertiary/aromatic N) is 6. The van der Waals surface area contributed by atoms with Crippen LogP contribution in [0, 0.1) is 41.5 Å². The van der Waals surface area contributed by atoms with Gasteiger partial charge in [-0.05, 0) is 333 Å². The number of carbonyl (C=O) groups is 6. The number of aromatic nitrogens is 12. The summed E-state index contributed by atoms with van der Waals surface area (Å²) in [6.45, 7) is 47.8. The van der Waals surface area contributed by atoms with Crippen molar-refractivity contribution < 1.29 is 59.4 Å². The van der Waals surface area contributed by atoms with Crippen molar-refractivity contribution in [3.05, 3.63) is 266 Å². The van der Waals surface area contributed by atoms with Crippen LogP contribution >= 0.6 is 0 Å². The van der Waals surface area contributed by atoms with Crippen molar-refractivity contribution in [2.45, 2.75) is 160 Å². The average molecular weight is 1740 g/mol. The molecule has 26 heteroatoms. The van der Waals surface area contributed by atoms with Crippen LogP contribution in [-0.4, -0.2) is 130 Å². The zero-order chi connectivity index (χ0) is 90.9. The molecule has 0 atom stereocenters. The van der Waals surface area contributed by atoms with E-state index in [2.05, 4.69) is 69.4 Å². The van der Waals surface area contributed by atoms with Gasteiger partial charge in [0.15, 0.2) is 0 Å². The molecular formula is C102H96Al2N12O12. The van der Waals surface area contributed by atoms with Crippen LogP contribution in [-0.2, 0) is 48.0 Å². The van der Waals surface area contributed by atoms with E-state index in [1.54, 1.807) is 18.2 Å². The maximum atomic E-state index is 11.4. The van der Waals surface area contributed by atoms with Crippen LogP contribution in [0.1, 0.15) is 234 Å². The fourth-order valence-corrected chi connectivity index (χ4v) is 17.3. The van der Waals surface area contributed by atoms with Gasteiger partial charge < -0.3 is 89.3 Å². The molecule has 6 aliphatic rings. The minimum Gasteiger partial charge on any atom is -0.550 e. The summed E-state index contributed by atoms with van der Waals surface area (Å²) in [7, 11) is 0. The van der Waals surface area contributed by atoms with Crippen LogP contribution in [0.2, 0.25) is 0 Å². The van der Waals surface area contributed by atoms with E-state index in [0.717, 1.165) is 217 Å². The van der Waals surface area contributed by atoms with Crippen LogP contribution in [0.3, 0.4) is 0 Å². The molecule has 9 aromatic rings. The van der Waals surface area contributed by atoms with E-state index < -0.39 is 35.8 Å². The molecule has 0 unspecified atom stereocenters. The number of aryl methyl sites for hydroxylation is 9. The fourth-order valence-electron chi connectivity index (χ4n) is 17.3. The minimum atomic E-state index is -1.14. The van der Waals surface area contributed by atoms with Gasteiger partial charge in [0.25, 0.3) is 0 Å². The number of carboxylic acid groups (broad SMARTS) is 6. The molecular weight excluding hydrogens is 1640 g/mol. The van der Waals surface area contributed by atoms with Crippen LogP contribution in [0.25, 0.3) is 151 Å². The number of aliphatic carboxylic acids is 6. The summed E-state index contributed by atoms with van der Waals surface area (Å²) in [6.07, 6.45) is 11.4. The Hall–Kier alpha value is -13.9. The maximum Gasteiger partial charge on any atom is 3.00 e. The van der Waals surface area contributed by atoms with Gasteiger partial charge in [0.05, 0.1) is 68.3 Å². The Morgan fingerprint density at radius 2 is 0.422 bits per heavy atom. The Balaban J connectivity index is 0.000000185. The molecule has 0 fully saturated rings. The zero-order valence-electron chi connectivity index (χ0n) is 73.9. The van der Waals surface area contributed by atoms with Crippen LogP contribution in [0.15, 0.2) is 130 Å². The van der Waals surface area contributed by atoms with Crippen molar-refractivity contribution in [2.75, 3.05) is 0 Å². The SMILES string of the molecule is C=CC1=C(C)c2cc3[nH]c(cc4nc(cc5[nH]c(cc1n2)c(C)c5CCC(=O)[O-])C(CCC(=O)[O-])=C4C)c(C)c3C=C.C=CC1=C(C)c2cc3[nH]c(cc4nc(cc5[nH]c(cc1n2)c(C)c5CCC(=O)[O-])C(CCC(=O)[O-])=C4C)c(C)c3C=C.C=CC1=C(C)c2cc3[nH]c(cc4nc(cc5[nH]c(cc1n2)c(C)c5CCC(=O)[O-])C(CCC(=O)[O-])=C4C)c(C)c3C=C.[Al+3].[Al+3]. The topological polar surface area (TPSA) is 413 Å². The molecule has 6 N–H and O–H groups in total. The first-order valence-electron chi connectivity index (χ1n) is 41.5. The van der Waals surface area contributed by atoms with Crippen molar-refractivity contribution >= 4 is 222 Å². The molecule has 0 aromatic carbocycles. The summed E-state index contributed by atoms with van der Waals surface area (Å²) in [6, 6.07) is 23.3. The Labute approximate surface area is 761 Å². The van der Waals surface area contributed by atoms with E-state index >= 15 is 0 Å². The maximum absolute atomic E-state index is 11.4. The Morgan fingerprint density at radius 1 is 0.242 bits per heavy atom. The van der Waals surface area contributed by atoms with Crippen molar-refractivity contribution in [3.63, 3.8) is 0 Å². The Kier molecular flexibility index (Phi) is 29.1. The first-order chi connectivity index (χ1) is 60.0. The largest absolute Gasteiger partial charge is 3.00 e. The molecule has 15 rings (SSSR count). The summed E-state index contributed by atoms with van der Waals surface area (Å²) in [5.41, 5.74) is 39.8. The molecule has 0 amide bonds. The Bertz CT molecular complexity index is 6430. The molecule has 15 heterocycles. The molecule has 9 aromatic heterocycles. The van der Waals surface area contributed by atoms with Gasteiger partial charge >= 0.3 is 34.7 Å². The number of H-pyrrole nitrogens is 6. The van der Waals surface area contributed by atoms with Gasteiger partial charge in [-0.2, -0.15) is 0 Å². The molecule has 0 aliphatic carbocycles. The quantitative estimate of drug-likeness (QED) is 0.0306. The summed E-state index contributed by atoms with van der Waals surface area (Å²) in [5, 5.41) is 68.4. The average Bonchev–Trinajstić information content (AvgIpc) is 1.62. The van der Waals surface area contributed by atoms with E-state index in [1.807, 2.05) is 174 Å². The van der Waals surface area contributed by atoms with Gasteiger partial charge in [-0.1, -0.05) is 75.9 Å². The second-order valence-corrected chi connectivity index (χ2v) is 32.1. The third kappa shape index (κ3) is 19.3. The molecule has 0 saturated carbocycles. The predicted molar refractivity (Wildman–Crippen MR) is 501 cm³/mol. The second-order valence-electron chi connectivity index (χ2n) is 32.1. The number of rotatable bonds is 24. The Morgan fingerprint density at radius 3 is 0.641 bits per heavy atom. The van der Waals surface area contributed by atoms with Gasteiger partial charge in [-0.25, -0.2) is 29.9 Å². The molecule has 128 heavy (non-hydrogen) atoms. The molecule has 24 bridgehead atoms. The third-order valence-electron chi connectivity index (χ3n) is 24.6. The summed E-state index contributed by atoms with van der Waals surface area (Å²) < 4.78 is 0. The number of hydrogen-bond acceptors (Lipinski definition) is 18. The number of carbonyl (C=O) groups excluding carboxylic acids is 6. The molecule has 24 nitrogen and oxygen atoms in total. The van der Waals surface area contributed by atoms with Crippen LogP contribution in [0.4, 0.5) is 0 Å². The smallest absolute Gasteiger partial charge is 0.550 e. The van der Waals surface area contributed by atoms with E-state index in [0.29, 0.717) is 50.7 Å². The van der Waals surface area contributed by atoms with Gasteiger partial charge in [-0.15, -0.1) is 0 Å². The number of aromatic amines is 6. The van der Waals surface area contributed by atoms with Crippen LogP contribution < -0.4 is 30.6 Å². The molecule has 0 spiro atoms. The second kappa shape index (κ2) is 39.3. The number of carboxylic acids is 6. The van der Waals surface area contributed by atoms with Crippen molar-refractivity contribution in [1.29, 1.82) is 0 Å². The van der Waals surface area contributed by atoms with Gasteiger partial charge in [0, 0.05) is 135 Å². The monoisotopic (exact) mass is 1730 g/mol. The fraction of sp³-hybridized carbons (Fsp3) is 0.235. The standard InChI is InChI=1S/3C34H34N4O4.2Al/c3*1-7-21-17(3)25-13-26-19(5)23(9-11-33(39)40)31(37-26)16-32-24(10-12-34(41)42)20(6)28(38-32)15-30-22(8-2)18(4)27(36-30)14-29(21)35-25;;/h3*7-8,13-16,35,38H,1-2,9-12H2,3-6H3,(H,39,40)(H,41,42);;/q;;;2*+3/p-6. The van der Waals surface area contributed by atoms with Crippen molar-refractivity contribution in [2.24, 2.45) is 0 Å². The van der Waals surface area contributed by atoms with Crippen molar-refractivity contribution in [1.82, 2.24) is 59.8 Å². The summed E-state index contributed by atoms with van der Waals surface area (Å²) in [4.78, 5) is 119. The normalized spacial score (nSPS) is 12.8. The third-order valence-corrected chi connectivity index (χ3v) is 24.6. The van der Waals surface area contributed by atoms with Crippen molar-refractivity contribution in [3.8, 4) is 0 Å². The number of nitrogens with one attached hydrogen (secondary N) is 6. The van der Waals surface area contributed by atoms with Gasteiger partial charge in [0.1, 0.15) is 0 Å².